The molecule has 2 aromatic carbocycles. The Bertz CT molecular complexity index is 816. The van der Waals surface area contributed by atoms with Crippen molar-refractivity contribution in [1.82, 2.24) is 15.3 Å². The first-order valence-electron chi connectivity index (χ1n) is 7.69. The lowest BCUT2D eigenvalue weighted by atomic mass is 10.2. The fraction of sp³-hybridized carbons (Fsp3) is 0.105. The van der Waals surface area contributed by atoms with Gasteiger partial charge in [0.2, 0.25) is 0 Å². The molecule has 0 radical (unpaired) electrons. The van der Waals surface area contributed by atoms with Crippen LogP contribution in [0.2, 0.25) is 0 Å². The molecule has 2 N–H and O–H groups in total. The maximum atomic E-state index is 12.1. The first-order valence-corrected chi connectivity index (χ1v) is 7.69. The van der Waals surface area contributed by atoms with E-state index in [9.17, 15) is 4.79 Å². The topological polar surface area (TPSA) is 66.9 Å². The van der Waals surface area contributed by atoms with Gasteiger partial charge in [-0.05, 0) is 24.1 Å². The summed E-state index contributed by atoms with van der Waals surface area (Å²) in [6.07, 6.45) is 3.03. The fourth-order valence-electron chi connectivity index (χ4n) is 2.23. The van der Waals surface area contributed by atoms with Crippen molar-refractivity contribution < 1.29 is 4.79 Å². The second-order valence-corrected chi connectivity index (χ2v) is 5.40. The van der Waals surface area contributed by atoms with E-state index in [-0.39, 0.29) is 5.91 Å². The molecule has 120 valence electrons. The van der Waals surface area contributed by atoms with E-state index in [0.29, 0.717) is 18.1 Å². The van der Waals surface area contributed by atoms with E-state index < -0.39 is 0 Å². The normalized spacial score (nSPS) is 10.2. The van der Waals surface area contributed by atoms with Gasteiger partial charge in [-0.2, -0.15) is 0 Å². The number of anilines is 2. The number of aromatic nitrogens is 2. The van der Waals surface area contributed by atoms with Crippen LogP contribution in [0.5, 0.6) is 0 Å². The second kappa shape index (κ2) is 7.37. The zero-order chi connectivity index (χ0) is 16.8. The number of nitrogens with zero attached hydrogens (tertiary/aromatic N) is 2. The molecule has 24 heavy (non-hydrogen) atoms. The van der Waals surface area contributed by atoms with E-state index in [0.717, 1.165) is 16.8 Å². The molecule has 0 bridgehead atoms. The number of rotatable bonds is 5. The molecule has 3 rings (SSSR count). The van der Waals surface area contributed by atoms with Crippen molar-refractivity contribution in [2.24, 2.45) is 0 Å². The predicted molar refractivity (Wildman–Crippen MR) is 94.1 cm³/mol. The Morgan fingerprint density at radius 1 is 0.958 bits per heavy atom. The quantitative estimate of drug-likeness (QED) is 0.756. The molecule has 0 aliphatic rings. The summed E-state index contributed by atoms with van der Waals surface area (Å²) in [6.45, 7) is 2.48. The van der Waals surface area contributed by atoms with Crippen molar-refractivity contribution in [2.75, 3.05) is 5.32 Å². The van der Waals surface area contributed by atoms with Crippen LogP contribution in [0.25, 0.3) is 0 Å². The SMILES string of the molecule is Cc1ccccc1Nc1cnc(C(=O)NCc2ccccc2)cn1. The zero-order valence-electron chi connectivity index (χ0n) is 13.4. The van der Waals surface area contributed by atoms with Crippen LogP contribution < -0.4 is 10.6 Å². The number of nitrogens with one attached hydrogen (secondary N) is 2. The van der Waals surface area contributed by atoms with Gasteiger partial charge in [-0.3, -0.25) is 4.79 Å². The van der Waals surface area contributed by atoms with Crippen LogP contribution in [-0.2, 0) is 6.54 Å². The third-order valence-electron chi connectivity index (χ3n) is 3.59. The lowest BCUT2D eigenvalue weighted by Gasteiger charge is -2.09. The van der Waals surface area contributed by atoms with E-state index in [1.807, 2.05) is 61.5 Å². The third-order valence-corrected chi connectivity index (χ3v) is 3.59. The second-order valence-electron chi connectivity index (χ2n) is 5.40. The van der Waals surface area contributed by atoms with Crippen molar-refractivity contribution in [3.8, 4) is 0 Å². The Balaban J connectivity index is 1.61. The third kappa shape index (κ3) is 3.95. The summed E-state index contributed by atoms with van der Waals surface area (Å²) in [5, 5.41) is 6.02. The van der Waals surface area contributed by atoms with E-state index in [2.05, 4.69) is 20.6 Å². The number of carbonyl (C=O) groups excluding carboxylic acids is 1. The molecule has 0 fully saturated rings. The van der Waals surface area contributed by atoms with Crippen LogP contribution in [0.1, 0.15) is 21.6 Å². The molecular weight excluding hydrogens is 300 g/mol. The van der Waals surface area contributed by atoms with Crippen LogP contribution in [0.4, 0.5) is 11.5 Å². The van der Waals surface area contributed by atoms with Gasteiger partial charge in [-0.25, -0.2) is 9.97 Å². The van der Waals surface area contributed by atoms with Gasteiger partial charge in [0.25, 0.3) is 5.91 Å². The number of amides is 1. The zero-order valence-corrected chi connectivity index (χ0v) is 13.4. The lowest BCUT2D eigenvalue weighted by molar-refractivity contribution is 0.0945. The van der Waals surface area contributed by atoms with Crippen molar-refractivity contribution in [2.45, 2.75) is 13.5 Å². The highest BCUT2D eigenvalue weighted by Gasteiger charge is 2.08. The van der Waals surface area contributed by atoms with Crippen LogP contribution in [0.3, 0.4) is 0 Å². The Labute approximate surface area is 140 Å². The lowest BCUT2D eigenvalue weighted by Crippen LogP contribution is -2.24. The van der Waals surface area contributed by atoms with E-state index >= 15 is 0 Å². The Kier molecular flexibility index (Phi) is 4.81. The number of hydrogen-bond acceptors (Lipinski definition) is 4. The van der Waals surface area contributed by atoms with E-state index in [1.165, 1.54) is 6.20 Å². The Hall–Kier alpha value is -3.21. The molecule has 1 heterocycles. The largest absolute Gasteiger partial charge is 0.347 e. The highest BCUT2D eigenvalue weighted by molar-refractivity contribution is 5.92. The maximum absolute atomic E-state index is 12.1. The molecular formula is C19H18N4O. The standard InChI is InChI=1S/C19H18N4O/c1-14-7-5-6-10-16(14)23-18-13-20-17(12-21-18)19(24)22-11-15-8-3-2-4-9-15/h2-10,12-13H,11H2,1H3,(H,21,23)(H,22,24). The van der Waals surface area contributed by atoms with Gasteiger partial charge in [0.1, 0.15) is 11.5 Å². The van der Waals surface area contributed by atoms with Gasteiger partial charge in [0, 0.05) is 12.2 Å². The average molecular weight is 318 g/mol. The average Bonchev–Trinajstić information content (AvgIpc) is 2.63. The summed E-state index contributed by atoms with van der Waals surface area (Å²) in [5.41, 5.74) is 3.41. The number of hydrogen-bond donors (Lipinski definition) is 2. The highest BCUT2D eigenvalue weighted by atomic mass is 16.1. The molecule has 0 unspecified atom stereocenters. The minimum atomic E-state index is -0.242. The summed E-state index contributed by atoms with van der Waals surface area (Å²) >= 11 is 0. The van der Waals surface area contributed by atoms with Gasteiger partial charge in [-0.1, -0.05) is 48.5 Å². The predicted octanol–water partition coefficient (Wildman–Crippen LogP) is 3.46. The molecule has 0 aliphatic carbocycles. The molecule has 5 nitrogen and oxygen atoms in total. The molecule has 5 heteroatoms. The fourth-order valence-corrected chi connectivity index (χ4v) is 2.23. The molecule has 0 saturated heterocycles. The maximum Gasteiger partial charge on any atom is 0.271 e. The van der Waals surface area contributed by atoms with Crippen LogP contribution in [-0.4, -0.2) is 15.9 Å². The summed E-state index contributed by atoms with van der Waals surface area (Å²) in [5.74, 6) is 0.359. The van der Waals surface area contributed by atoms with Gasteiger partial charge in [-0.15, -0.1) is 0 Å². The first kappa shape index (κ1) is 15.7. The summed E-state index contributed by atoms with van der Waals surface area (Å²) in [7, 11) is 0. The van der Waals surface area contributed by atoms with Crippen LogP contribution >= 0.6 is 0 Å². The van der Waals surface area contributed by atoms with Crippen LogP contribution in [0, 0.1) is 6.92 Å². The monoisotopic (exact) mass is 318 g/mol. The molecule has 1 amide bonds. The van der Waals surface area contributed by atoms with Gasteiger partial charge >= 0.3 is 0 Å². The van der Waals surface area contributed by atoms with Crippen LogP contribution in [0.15, 0.2) is 67.0 Å². The highest BCUT2D eigenvalue weighted by Crippen LogP contribution is 2.17. The minimum Gasteiger partial charge on any atom is -0.347 e. The van der Waals surface area contributed by atoms with E-state index in [1.54, 1.807) is 6.20 Å². The minimum absolute atomic E-state index is 0.242. The number of aryl methyl sites for hydroxylation is 1. The molecule has 0 atom stereocenters. The van der Waals surface area contributed by atoms with Gasteiger partial charge < -0.3 is 10.6 Å². The van der Waals surface area contributed by atoms with Crippen molar-refractivity contribution in [3.63, 3.8) is 0 Å². The molecule has 0 spiro atoms. The Morgan fingerprint density at radius 2 is 1.71 bits per heavy atom. The first-order chi connectivity index (χ1) is 11.7. The molecule has 3 aromatic rings. The summed E-state index contributed by atoms with van der Waals surface area (Å²) in [6, 6.07) is 17.7. The van der Waals surface area contributed by atoms with Crippen molar-refractivity contribution in [1.29, 1.82) is 0 Å². The van der Waals surface area contributed by atoms with E-state index in [4.69, 9.17) is 0 Å². The smallest absolute Gasteiger partial charge is 0.271 e. The summed E-state index contributed by atoms with van der Waals surface area (Å²) < 4.78 is 0. The molecule has 0 aliphatic heterocycles. The number of para-hydroxylation sites is 1. The van der Waals surface area contributed by atoms with Gasteiger partial charge in [0.05, 0.1) is 12.4 Å². The van der Waals surface area contributed by atoms with Gasteiger partial charge in [0.15, 0.2) is 0 Å². The number of benzene rings is 2. The van der Waals surface area contributed by atoms with Crippen molar-refractivity contribution in [3.05, 3.63) is 83.8 Å². The summed E-state index contributed by atoms with van der Waals surface area (Å²) in [4.78, 5) is 20.5. The molecule has 0 saturated carbocycles. The molecule has 1 aromatic heterocycles. The Morgan fingerprint density at radius 3 is 2.42 bits per heavy atom. The van der Waals surface area contributed by atoms with Crippen molar-refractivity contribution >= 4 is 17.4 Å². The number of carbonyl (C=O) groups is 1.